The van der Waals surface area contributed by atoms with Gasteiger partial charge in [0.15, 0.2) is 5.96 Å². The number of esters is 1. The Labute approximate surface area is 189 Å². The van der Waals surface area contributed by atoms with Gasteiger partial charge in [-0.15, -0.1) is 35.3 Å². The van der Waals surface area contributed by atoms with Crippen LogP contribution >= 0.6 is 35.3 Å². The number of guanidine groups is 1. The Morgan fingerprint density at radius 1 is 1.29 bits per heavy atom. The average molecular weight is 520 g/mol. The Hall–Kier alpha value is -1.03. The Morgan fingerprint density at radius 3 is 2.68 bits per heavy atom. The molecule has 2 heterocycles. The minimum Gasteiger partial charge on any atom is -0.462 e. The highest BCUT2D eigenvalue weighted by molar-refractivity contribution is 14.0. The van der Waals surface area contributed by atoms with E-state index < -0.39 is 0 Å². The molecule has 158 valence electrons. The molecule has 0 bridgehead atoms. The second-order valence-electron chi connectivity index (χ2n) is 7.36. The lowest BCUT2D eigenvalue weighted by atomic mass is 10.1. The molecule has 1 saturated heterocycles. The number of carbonyl (C=O) groups is 1. The van der Waals surface area contributed by atoms with E-state index >= 15 is 0 Å². The van der Waals surface area contributed by atoms with Crippen molar-refractivity contribution in [3.05, 3.63) is 17.5 Å². The number of piperidine rings is 1. The first kappa shape index (κ1) is 23.3. The number of carbonyl (C=O) groups excluding carboxylic acids is 1. The number of ether oxygens (including phenoxy) is 1. The Balaban J connectivity index is 0.00000280. The highest BCUT2D eigenvalue weighted by Gasteiger charge is 2.21. The third kappa shape index (κ3) is 7.42. The van der Waals surface area contributed by atoms with Crippen LogP contribution in [0.4, 0.5) is 5.00 Å². The van der Waals surface area contributed by atoms with Crippen LogP contribution in [0.3, 0.4) is 0 Å². The van der Waals surface area contributed by atoms with E-state index in [4.69, 9.17) is 4.74 Å². The van der Waals surface area contributed by atoms with Crippen LogP contribution in [-0.4, -0.2) is 50.8 Å². The summed E-state index contributed by atoms with van der Waals surface area (Å²) < 4.78 is 5.49. The molecule has 1 saturated carbocycles. The molecule has 0 radical (unpaired) electrons. The van der Waals surface area contributed by atoms with E-state index in [1.54, 1.807) is 18.4 Å². The Bertz CT molecular complexity index is 597. The van der Waals surface area contributed by atoms with Gasteiger partial charge in [-0.1, -0.05) is 0 Å². The number of nitrogens with zero attached hydrogens (tertiary/aromatic N) is 2. The van der Waals surface area contributed by atoms with Crippen LogP contribution in [0.25, 0.3) is 0 Å². The summed E-state index contributed by atoms with van der Waals surface area (Å²) in [6.45, 7) is 2.87. The minimum absolute atomic E-state index is 0. The first-order valence-corrected chi connectivity index (χ1v) is 11.1. The fourth-order valence-corrected chi connectivity index (χ4v) is 4.56. The number of nitrogens with one attached hydrogen (secondary N) is 2. The summed E-state index contributed by atoms with van der Waals surface area (Å²) in [6.07, 6.45) is 8.06. The first-order chi connectivity index (χ1) is 13.2. The summed E-state index contributed by atoms with van der Waals surface area (Å²) in [6, 6.07) is 4.75. The van der Waals surface area contributed by atoms with E-state index in [0.29, 0.717) is 12.5 Å². The summed E-state index contributed by atoms with van der Waals surface area (Å²) in [5.41, 5.74) is 0. The van der Waals surface area contributed by atoms with Gasteiger partial charge in [0.25, 0.3) is 0 Å². The van der Waals surface area contributed by atoms with Gasteiger partial charge in [-0.2, -0.15) is 0 Å². The van der Waals surface area contributed by atoms with Crippen molar-refractivity contribution < 1.29 is 9.53 Å². The molecule has 0 aromatic carbocycles. The van der Waals surface area contributed by atoms with Crippen molar-refractivity contribution in [2.75, 3.05) is 31.6 Å². The molecule has 1 aromatic rings. The Morgan fingerprint density at radius 2 is 2.04 bits per heavy atom. The Kier molecular flexibility index (Phi) is 10.4. The number of anilines is 1. The van der Waals surface area contributed by atoms with Gasteiger partial charge in [0.1, 0.15) is 6.10 Å². The second-order valence-corrected chi connectivity index (χ2v) is 8.28. The van der Waals surface area contributed by atoms with E-state index in [-0.39, 0.29) is 36.0 Å². The molecule has 1 aliphatic carbocycles. The quantitative estimate of drug-likeness (QED) is 0.189. The lowest BCUT2D eigenvalue weighted by molar-refractivity contribution is -0.148. The molecule has 0 atom stereocenters. The molecular formula is C20H33IN4O2S. The predicted octanol–water partition coefficient (Wildman–Crippen LogP) is 3.77. The fourth-order valence-electron chi connectivity index (χ4n) is 3.77. The molecule has 8 heteroatoms. The molecule has 2 N–H and O–H groups in total. The molecule has 1 aliphatic heterocycles. The van der Waals surface area contributed by atoms with Crippen molar-refractivity contribution in [1.29, 1.82) is 0 Å². The van der Waals surface area contributed by atoms with Crippen LogP contribution in [0, 0.1) is 0 Å². The molecular weight excluding hydrogens is 487 g/mol. The summed E-state index contributed by atoms with van der Waals surface area (Å²) >= 11 is 1.81. The smallest absolute Gasteiger partial charge is 0.306 e. The van der Waals surface area contributed by atoms with E-state index in [0.717, 1.165) is 57.7 Å². The maximum Gasteiger partial charge on any atom is 0.306 e. The molecule has 2 fully saturated rings. The number of thiophene rings is 1. The normalized spacial score (nSPS) is 18.6. The number of aliphatic imine (C=N–C) groups is 1. The van der Waals surface area contributed by atoms with E-state index in [1.165, 1.54) is 17.8 Å². The number of hydrogen-bond donors (Lipinski definition) is 2. The molecule has 2 aliphatic rings. The fraction of sp³-hybridized carbons (Fsp3) is 0.700. The van der Waals surface area contributed by atoms with Crippen LogP contribution in [-0.2, 0) is 9.53 Å². The number of hydrogen-bond acceptors (Lipinski definition) is 5. The van der Waals surface area contributed by atoms with Crippen LogP contribution in [0.1, 0.15) is 51.4 Å². The summed E-state index contributed by atoms with van der Waals surface area (Å²) in [5, 5.41) is 10.3. The summed E-state index contributed by atoms with van der Waals surface area (Å²) in [5.74, 6) is 0.765. The largest absolute Gasteiger partial charge is 0.462 e. The SMILES string of the molecule is CN=C(NCCCC(=O)OC1CCCC1)NC1CCN(c2cccs2)CC1.I. The van der Waals surface area contributed by atoms with Crippen molar-refractivity contribution in [2.24, 2.45) is 4.99 Å². The van der Waals surface area contributed by atoms with Crippen LogP contribution in [0.2, 0.25) is 0 Å². The van der Waals surface area contributed by atoms with E-state index in [2.05, 4.69) is 38.0 Å². The third-order valence-corrected chi connectivity index (χ3v) is 6.26. The van der Waals surface area contributed by atoms with Crippen LogP contribution in [0.5, 0.6) is 0 Å². The predicted molar refractivity (Wildman–Crippen MR) is 127 cm³/mol. The maximum absolute atomic E-state index is 11.9. The monoisotopic (exact) mass is 520 g/mol. The van der Waals surface area contributed by atoms with Crippen molar-refractivity contribution >= 4 is 52.2 Å². The second kappa shape index (κ2) is 12.5. The van der Waals surface area contributed by atoms with Crippen molar-refractivity contribution in [2.45, 2.75) is 63.5 Å². The van der Waals surface area contributed by atoms with Gasteiger partial charge in [0.05, 0.1) is 5.00 Å². The topological polar surface area (TPSA) is 66.0 Å². The lowest BCUT2D eigenvalue weighted by Gasteiger charge is -2.33. The van der Waals surface area contributed by atoms with Gasteiger partial charge < -0.3 is 20.3 Å². The zero-order valence-electron chi connectivity index (χ0n) is 16.7. The lowest BCUT2D eigenvalue weighted by Crippen LogP contribution is -2.48. The van der Waals surface area contributed by atoms with E-state index in [9.17, 15) is 4.79 Å². The highest BCUT2D eigenvalue weighted by atomic mass is 127. The number of halogens is 1. The van der Waals surface area contributed by atoms with Crippen molar-refractivity contribution in [3.8, 4) is 0 Å². The highest BCUT2D eigenvalue weighted by Crippen LogP contribution is 2.24. The van der Waals surface area contributed by atoms with Gasteiger partial charge in [0, 0.05) is 39.1 Å². The summed E-state index contributed by atoms with van der Waals surface area (Å²) in [4.78, 5) is 18.6. The van der Waals surface area contributed by atoms with Gasteiger partial charge in [-0.25, -0.2) is 0 Å². The van der Waals surface area contributed by atoms with Crippen molar-refractivity contribution in [1.82, 2.24) is 10.6 Å². The molecule has 0 unspecified atom stereocenters. The molecule has 6 nitrogen and oxygen atoms in total. The first-order valence-electron chi connectivity index (χ1n) is 10.2. The molecule has 3 rings (SSSR count). The van der Waals surface area contributed by atoms with Gasteiger partial charge in [-0.3, -0.25) is 9.79 Å². The van der Waals surface area contributed by atoms with Gasteiger partial charge in [0.2, 0.25) is 0 Å². The molecule has 1 aromatic heterocycles. The van der Waals surface area contributed by atoms with Gasteiger partial charge >= 0.3 is 5.97 Å². The molecule has 0 spiro atoms. The number of rotatable bonds is 7. The van der Waals surface area contributed by atoms with Crippen molar-refractivity contribution in [3.63, 3.8) is 0 Å². The molecule has 0 amide bonds. The zero-order chi connectivity index (χ0) is 18.9. The minimum atomic E-state index is -0.0624. The van der Waals surface area contributed by atoms with Crippen LogP contribution in [0.15, 0.2) is 22.5 Å². The third-order valence-electron chi connectivity index (χ3n) is 5.33. The standard InChI is InChI=1S/C20H32N4O2S.HI/c1-21-20(22-12-4-9-19(25)26-17-6-2-3-7-17)23-16-10-13-24(14-11-16)18-8-5-15-27-18;/h5,8,15-17H,2-4,6-7,9-14H2,1H3,(H2,21,22,23);1H. The van der Waals surface area contributed by atoms with Crippen LogP contribution < -0.4 is 15.5 Å². The average Bonchev–Trinajstić information content (AvgIpc) is 3.39. The van der Waals surface area contributed by atoms with E-state index in [1.807, 2.05) is 0 Å². The molecule has 28 heavy (non-hydrogen) atoms. The zero-order valence-corrected chi connectivity index (χ0v) is 19.8. The van der Waals surface area contributed by atoms with Gasteiger partial charge in [-0.05, 0) is 62.5 Å². The maximum atomic E-state index is 11.9. The summed E-state index contributed by atoms with van der Waals surface area (Å²) in [7, 11) is 1.80.